The molecule has 3 nitrogen and oxygen atoms in total. The molecule has 0 aliphatic heterocycles. The topological polar surface area (TPSA) is 59.1 Å². The zero-order valence-corrected chi connectivity index (χ0v) is 11.2. The molecule has 1 heterocycles. The molecule has 2 rings (SSSR count). The minimum Gasteiger partial charge on any atom is -0.393 e. The smallest absolute Gasteiger partial charge is 0.139 e. The van der Waals surface area contributed by atoms with E-state index in [0.29, 0.717) is 11.7 Å². The molecule has 0 saturated heterocycles. The normalized spacial score (nSPS) is 22.2. The predicted octanol–water partition coefficient (Wildman–Crippen LogP) is 2.59. The van der Waals surface area contributed by atoms with Crippen molar-refractivity contribution in [2.24, 2.45) is 5.92 Å². The van der Waals surface area contributed by atoms with Crippen molar-refractivity contribution in [3.05, 3.63) is 23.9 Å². The number of rotatable bonds is 0. The van der Waals surface area contributed by atoms with Crippen LogP contribution >= 0.6 is 0 Å². The largest absolute Gasteiger partial charge is 0.393 e. The molecular weight excluding hydrogens is 224 g/mol. The van der Waals surface area contributed by atoms with Gasteiger partial charge in [0.25, 0.3) is 0 Å². The second-order valence-electron chi connectivity index (χ2n) is 4.21. The van der Waals surface area contributed by atoms with Gasteiger partial charge >= 0.3 is 0 Å². The summed E-state index contributed by atoms with van der Waals surface area (Å²) in [7, 11) is 0. The molecule has 0 aromatic carbocycles. The van der Waals surface area contributed by atoms with Crippen molar-refractivity contribution in [1.29, 1.82) is 0 Å². The Morgan fingerprint density at radius 1 is 1.28 bits per heavy atom. The molecule has 1 aliphatic carbocycles. The lowest BCUT2D eigenvalue weighted by molar-refractivity contribution is 0.119. The Bertz CT molecular complexity index is 412. The van der Waals surface area contributed by atoms with Crippen molar-refractivity contribution in [3.8, 4) is 11.8 Å². The summed E-state index contributed by atoms with van der Waals surface area (Å²) in [4.78, 5) is 3.99. The van der Waals surface area contributed by atoms with Crippen LogP contribution in [0.2, 0.25) is 0 Å². The molecule has 3 N–H and O–H groups in total. The van der Waals surface area contributed by atoms with Crippen molar-refractivity contribution >= 4 is 5.82 Å². The minimum absolute atomic E-state index is 0.124. The molecule has 1 aromatic rings. The van der Waals surface area contributed by atoms with E-state index in [1.807, 2.05) is 26.0 Å². The average molecular weight is 246 g/mol. The Hall–Kier alpha value is -1.53. The molecule has 0 atom stereocenters. The molecule has 98 valence electrons. The maximum Gasteiger partial charge on any atom is 0.139 e. The molecule has 0 unspecified atom stereocenters. The SMILES string of the molecule is CC.Nc1ncccc1C#CC1CCC(O)CC1. The lowest BCUT2D eigenvalue weighted by Gasteiger charge is -2.21. The van der Waals surface area contributed by atoms with Crippen LogP contribution in [0.3, 0.4) is 0 Å². The van der Waals surface area contributed by atoms with Gasteiger partial charge in [0.1, 0.15) is 5.82 Å². The van der Waals surface area contributed by atoms with Gasteiger partial charge in [0.15, 0.2) is 0 Å². The van der Waals surface area contributed by atoms with E-state index in [4.69, 9.17) is 5.73 Å². The van der Waals surface area contributed by atoms with E-state index < -0.39 is 0 Å². The number of nitrogens with two attached hydrogens (primary N) is 1. The molecule has 0 bridgehead atoms. The summed E-state index contributed by atoms with van der Waals surface area (Å²) in [5, 5.41) is 9.38. The third-order valence-corrected chi connectivity index (χ3v) is 2.95. The predicted molar refractivity (Wildman–Crippen MR) is 74.8 cm³/mol. The number of hydrogen-bond acceptors (Lipinski definition) is 3. The van der Waals surface area contributed by atoms with Crippen molar-refractivity contribution < 1.29 is 5.11 Å². The van der Waals surface area contributed by atoms with E-state index in [0.717, 1.165) is 31.2 Å². The molecule has 1 saturated carbocycles. The van der Waals surface area contributed by atoms with Gasteiger partial charge < -0.3 is 10.8 Å². The number of pyridine rings is 1. The molecule has 18 heavy (non-hydrogen) atoms. The zero-order valence-electron chi connectivity index (χ0n) is 11.2. The van der Waals surface area contributed by atoms with E-state index in [1.165, 1.54) is 0 Å². The summed E-state index contributed by atoms with van der Waals surface area (Å²) >= 11 is 0. The number of aromatic nitrogens is 1. The van der Waals surface area contributed by atoms with Crippen LogP contribution in [-0.2, 0) is 0 Å². The number of hydrogen-bond donors (Lipinski definition) is 2. The van der Waals surface area contributed by atoms with Crippen molar-refractivity contribution in [1.82, 2.24) is 4.98 Å². The number of aliphatic hydroxyl groups is 1. The maximum atomic E-state index is 9.38. The van der Waals surface area contributed by atoms with Gasteiger partial charge in [-0.25, -0.2) is 4.98 Å². The molecule has 0 amide bonds. The molecular formula is C15H22N2O. The third-order valence-electron chi connectivity index (χ3n) is 2.95. The molecule has 0 radical (unpaired) electrons. The van der Waals surface area contributed by atoms with Crippen LogP contribution in [0.25, 0.3) is 0 Å². The summed E-state index contributed by atoms with van der Waals surface area (Å²) in [5.41, 5.74) is 6.50. The van der Waals surface area contributed by atoms with Crippen LogP contribution in [0.1, 0.15) is 45.1 Å². The highest BCUT2D eigenvalue weighted by molar-refractivity contribution is 5.50. The highest BCUT2D eigenvalue weighted by Crippen LogP contribution is 2.23. The Balaban J connectivity index is 0.000000771. The van der Waals surface area contributed by atoms with E-state index in [9.17, 15) is 5.11 Å². The van der Waals surface area contributed by atoms with E-state index in [2.05, 4.69) is 16.8 Å². The van der Waals surface area contributed by atoms with Crippen molar-refractivity contribution in [3.63, 3.8) is 0 Å². The van der Waals surface area contributed by atoms with Gasteiger partial charge in [-0.3, -0.25) is 0 Å². The zero-order chi connectivity index (χ0) is 13.4. The summed E-state index contributed by atoms with van der Waals surface area (Å²) in [6.07, 6.45) is 5.23. The van der Waals surface area contributed by atoms with Crippen LogP contribution in [0.4, 0.5) is 5.82 Å². The van der Waals surface area contributed by atoms with Crippen LogP contribution in [0.5, 0.6) is 0 Å². The second-order valence-corrected chi connectivity index (χ2v) is 4.21. The monoisotopic (exact) mass is 246 g/mol. The van der Waals surface area contributed by atoms with Gasteiger partial charge in [0, 0.05) is 12.1 Å². The number of nitrogens with zero attached hydrogens (tertiary/aromatic N) is 1. The summed E-state index contributed by atoms with van der Waals surface area (Å²) in [6.45, 7) is 4.00. The third kappa shape index (κ3) is 4.38. The first-order valence-electron chi connectivity index (χ1n) is 6.66. The van der Waals surface area contributed by atoms with Gasteiger partial charge in [0.05, 0.1) is 11.7 Å². The van der Waals surface area contributed by atoms with Gasteiger partial charge in [0.2, 0.25) is 0 Å². The van der Waals surface area contributed by atoms with Crippen LogP contribution < -0.4 is 5.73 Å². The standard InChI is InChI=1S/C13H16N2O.C2H6/c14-13-11(2-1-9-15-13)6-3-10-4-7-12(16)8-5-10;1-2/h1-2,9-10,12,16H,4-5,7-8H2,(H2,14,15);1-2H3. The van der Waals surface area contributed by atoms with Gasteiger partial charge in [-0.15, -0.1) is 0 Å². The first-order valence-corrected chi connectivity index (χ1v) is 6.66. The number of anilines is 1. The van der Waals surface area contributed by atoms with Crippen LogP contribution in [0.15, 0.2) is 18.3 Å². The maximum absolute atomic E-state index is 9.38. The fourth-order valence-corrected chi connectivity index (χ4v) is 1.92. The summed E-state index contributed by atoms with van der Waals surface area (Å²) in [5.74, 6) is 7.18. The van der Waals surface area contributed by atoms with Crippen LogP contribution in [-0.4, -0.2) is 16.2 Å². The summed E-state index contributed by atoms with van der Waals surface area (Å²) in [6, 6.07) is 3.72. The molecule has 1 aliphatic rings. The van der Waals surface area contributed by atoms with Gasteiger partial charge in [-0.2, -0.15) is 0 Å². The fraction of sp³-hybridized carbons (Fsp3) is 0.533. The van der Waals surface area contributed by atoms with Crippen LogP contribution in [0, 0.1) is 17.8 Å². The first-order chi connectivity index (χ1) is 8.75. The van der Waals surface area contributed by atoms with E-state index >= 15 is 0 Å². The first kappa shape index (κ1) is 14.5. The van der Waals surface area contributed by atoms with Crippen molar-refractivity contribution in [2.45, 2.75) is 45.6 Å². The van der Waals surface area contributed by atoms with E-state index in [-0.39, 0.29) is 6.10 Å². The Kier molecular flexibility index (Phi) is 6.24. The minimum atomic E-state index is -0.124. The lowest BCUT2D eigenvalue weighted by Crippen LogP contribution is -2.17. The fourth-order valence-electron chi connectivity index (χ4n) is 1.92. The Morgan fingerprint density at radius 2 is 1.94 bits per heavy atom. The molecule has 3 heteroatoms. The number of aliphatic hydroxyl groups excluding tert-OH is 1. The molecule has 1 aromatic heterocycles. The Labute approximate surface area is 109 Å². The average Bonchev–Trinajstić information content (AvgIpc) is 2.42. The number of nitrogen functional groups attached to an aromatic ring is 1. The quantitative estimate of drug-likeness (QED) is 0.692. The van der Waals surface area contributed by atoms with Gasteiger partial charge in [-0.1, -0.05) is 25.7 Å². The van der Waals surface area contributed by atoms with Crippen molar-refractivity contribution in [2.75, 3.05) is 5.73 Å². The lowest BCUT2D eigenvalue weighted by atomic mass is 9.88. The highest BCUT2D eigenvalue weighted by atomic mass is 16.3. The molecule has 1 fully saturated rings. The highest BCUT2D eigenvalue weighted by Gasteiger charge is 2.17. The Morgan fingerprint density at radius 3 is 2.56 bits per heavy atom. The van der Waals surface area contributed by atoms with E-state index in [1.54, 1.807) is 6.20 Å². The second kappa shape index (κ2) is 7.73. The molecule has 0 spiro atoms. The van der Waals surface area contributed by atoms with Gasteiger partial charge in [-0.05, 0) is 37.8 Å². The summed E-state index contributed by atoms with van der Waals surface area (Å²) < 4.78 is 0.